The van der Waals surface area contributed by atoms with Crippen LogP contribution in [0.1, 0.15) is 63.0 Å². The van der Waals surface area contributed by atoms with Gasteiger partial charge >= 0.3 is 6.09 Å². The number of unbranched alkanes of at least 4 members (excludes halogenated alkanes) is 1. The first-order valence-electron chi connectivity index (χ1n) is 15.4. The summed E-state index contributed by atoms with van der Waals surface area (Å²) in [7, 11) is 0. The van der Waals surface area contributed by atoms with Crippen LogP contribution in [0.5, 0.6) is 5.75 Å². The maximum atomic E-state index is 13.5. The summed E-state index contributed by atoms with van der Waals surface area (Å²) in [6, 6.07) is 21.9. The summed E-state index contributed by atoms with van der Waals surface area (Å²) in [5.74, 6) is 1.54. The number of ether oxygens (including phenoxy) is 1. The van der Waals surface area contributed by atoms with Crippen molar-refractivity contribution >= 4 is 17.8 Å². The molecular formula is C33H35N7O6. The van der Waals surface area contributed by atoms with E-state index in [1.165, 1.54) is 12.1 Å². The Morgan fingerprint density at radius 2 is 1.65 bits per heavy atom. The number of rotatable bonds is 11. The molecular weight excluding hydrogens is 590 g/mol. The van der Waals surface area contributed by atoms with Gasteiger partial charge in [-0.3, -0.25) is 25.1 Å². The molecule has 46 heavy (non-hydrogen) atoms. The highest BCUT2D eigenvalue weighted by Gasteiger charge is 2.49. The van der Waals surface area contributed by atoms with Crippen LogP contribution in [0.25, 0.3) is 22.5 Å². The van der Waals surface area contributed by atoms with E-state index in [1.54, 1.807) is 12.1 Å². The van der Waals surface area contributed by atoms with Gasteiger partial charge in [0.25, 0.3) is 5.91 Å². The zero-order valence-electron chi connectivity index (χ0n) is 25.5. The van der Waals surface area contributed by atoms with Crippen molar-refractivity contribution in [1.82, 2.24) is 30.5 Å². The molecule has 1 amide bonds. The van der Waals surface area contributed by atoms with Gasteiger partial charge in [-0.25, -0.2) is 9.63 Å². The van der Waals surface area contributed by atoms with Crippen LogP contribution in [0.4, 0.5) is 4.79 Å². The molecule has 1 fully saturated rings. The van der Waals surface area contributed by atoms with Crippen LogP contribution >= 0.6 is 0 Å². The molecule has 13 nitrogen and oxygen atoms in total. The molecule has 1 spiro atoms. The van der Waals surface area contributed by atoms with Crippen molar-refractivity contribution in [1.29, 1.82) is 0 Å². The Labute approximate surface area is 265 Å². The SMILES string of the molecule is CCCCC1=NC2(CCCC2)C(=O)N1Cc1ccc(-c2ccccc2-c2nnn(C(=O)Oc3ccc(CON(O)O)cc3)n2)cc1. The number of carbonyl (C=O) groups is 2. The third-order valence-corrected chi connectivity index (χ3v) is 8.31. The zero-order valence-corrected chi connectivity index (χ0v) is 25.5. The molecule has 3 aromatic carbocycles. The summed E-state index contributed by atoms with van der Waals surface area (Å²) in [5.41, 5.74) is 3.55. The number of aliphatic imine (C=N–C) groups is 1. The summed E-state index contributed by atoms with van der Waals surface area (Å²) in [6.07, 6.45) is 5.79. The van der Waals surface area contributed by atoms with Gasteiger partial charge in [0.2, 0.25) is 5.82 Å². The second kappa shape index (κ2) is 13.7. The lowest BCUT2D eigenvalue weighted by molar-refractivity contribution is -0.497. The lowest BCUT2D eigenvalue weighted by Gasteiger charge is -2.23. The van der Waals surface area contributed by atoms with E-state index in [1.807, 2.05) is 53.4 Å². The van der Waals surface area contributed by atoms with E-state index < -0.39 is 11.6 Å². The molecule has 0 radical (unpaired) electrons. The predicted molar refractivity (Wildman–Crippen MR) is 165 cm³/mol. The highest BCUT2D eigenvalue weighted by molar-refractivity contribution is 6.08. The predicted octanol–water partition coefficient (Wildman–Crippen LogP) is 5.81. The molecule has 1 saturated carbocycles. The molecule has 0 saturated heterocycles. The summed E-state index contributed by atoms with van der Waals surface area (Å²) in [6.45, 7) is 2.55. The van der Waals surface area contributed by atoms with Gasteiger partial charge in [-0.15, -0.1) is 10.2 Å². The molecule has 13 heteroatoms. The first-order chi connectivity index (χ1) is 22.3. The van der Waals surface area contributed by atoms with E-state index in [0.717, 1.165) is 72.3 Å². The van der Waals surface area contributed by atoms with Crippen LogP contribution in [0, 0.1) is 0 Å². The van der Waals surface area contributed by atoms with Gasteiger partial charge in [0, 0.05) is 12.0 Å². The Bertz CT molecular complexity index is 1710. The van der Waals surface area contributed by atoms with Crippen LogP contribution < -0.4 is 4.74 Å². The van der Waals surface area contributed by atoms with Gasteiger partial charge in [-0.2, -0.15) is 0 Å². The number of amidine groups is 1. The molecule has 0 atom stereocenters. The van der Waals surface area contributed by atoms with E-state index in [9.17, 15) is 9.59 Å². The van der Waals surface area contributed by atoms with Crippen molar-refractivity contribution in [2.45, 2.75) is 70.6 Å². The number of benzene rings is 3. The second-order valence-corrected chi connectivity index (χ2v) is 11.4. The number of nitrogens with zero attached hydrogens (tertiary/aromatic N) is 7. The standard InChI is InChI=1S/C33H35N7O6/c1-2-3-10-29-34-33(19-6-7-20-33)31(41)38(29)21-23-11-15-25(16-12-23)27-8-4-5-9-28(27)30-35-37-39(36-30)32(42)46-26-17-13-24(14-18-26)22-45-40(43)44/h4-5,8-9,11-18,43-44H,2-3,6-7,10,19-22H2,1H3. The number of hydrogen-bond donors (Lipinski definition) is 2. The summed E-state index contributed by atoms with van der Waals surface area (Å²) < 4.78 is 5.35. The van der Waals surface area contributed by atoms with E-state index in [2.05, 4.69) is 27.2 Å². The fourth-order valence-corrected chi connectivity index (χ4v) is 5.93. The molecule has 238 valence electrons. The molecule has 1 aliphatic carbocycles. The largest absolute Gasteiger partial charge is 0.459 e. The molecule has 1 aromatic heterocycles. The van der Waals surface area contributed by atoms with Crippen molar-refractivity contribution < 1.29 is 29.6 Å². The van der Waals surface area contributed by atoms with Gasteiger partial charge in [0.1, 0.15) is 17.1 Å². The van der Waals surface area contributed by atoms with Crippen LogP contribution in [0.2, 0.25) is 0 Å². The number of amides is 1. The Morgan fingerprint density at radius 1 is 0.957 bits per heavy atom. The number of aromatic nitrogens is 4. The van der Waals surface area contributed by atoms with Crippen LogP contribution in [0.15, 0.2) is 77.8 Å². The van der Waals surface area contributed by atoms with Crippen molar-refractivity contribution in [3.63, 3.8) is 0 Å². The molecule has 2 N–H and O–H groups in total. The third kappa shape index (κ3) is 6.72. The highest BCUT2D eigenvalue weighted by atomic mass is 17.1. The Kier molecular flexibility index (Phi) is 9.26. The lowest BCUT2D eigenvalue weighted by atomic mass is 9.97. The van der Waals surface area contributed by atoms with E-state index in [4.69, 9.17) is 20.1 Å². The Hall–Kier alpha value is -4.82. The minimum absolute atomic E-state index is 0.0924. The maximum Gasteiger partial charge on any atom is 0.459 e. The van der Waals surface area contributed by atoms with Gasteiger partial charge in [-0.05, 0) is 58.9 Å². The smallest absolute Gasteiger partial charge is 0.408 e. The first-order valence-corrected chi connectivity index (χ1v) is 15.4. The monoisotopic (exact) mass is 625 g/mol. The second-order valence-electron chi connectivity index (χ2n) is 11.4. The fourth-order valence-electron chi connectivity index (χ4n) is 5.93. The minimum Gasteiger partial charge on any atom is -0.408 e. The topological polar surface area (TPSA) is 156 Å². The fraction of sp³-hybridized carbons (Fsp3) is 0.333. The summed E-state index contributed by atoms with van der Waals surface area (Å²) >= 11 is 0. The number of carbonyl (C=O) groups excluding carboxylic acids is 2. The van der Waals surface area contributed by atoms with E-state index in [0.29, 0.717) is 17.7 Å². The van der Waals surface area contributed by atoms with Crippen LogP contribution in [-0.4, -0.2) is 64.3 Å². The summed E-state index contributed by atoms with van der Waals surface area (Å²) in [4.78, 5) is 38.5. The van der Waals surface area contributed by atoms with E-state index >= 15 is 0 Å². The van der Waals surface area contributed by atoms with Gasteiger partial charge < -0.3 is 4.74 Å². The normalized spacial score (nSPS) is 15.6. The van der Waals surface area contributed by atoms with E-state index in [-0.39, 0.29) is 29.5 Å². The quantitative estimate of drug-likeness (QED) is 0.195. The van der Waals surface area contributed by atoms with Gasteiger partial charge in [0.05, 0.1) is 18.5 Å². The maximum absolute atomic E-state index is 13.5. The first kappa shape index (κ1) is 31.2. The van der Waals surface area contributed by atoms with Crippen molar-refractivity contribution in [2.24, 2.45) is 4.99 Å². The number of tetrazole rings is 1. The highest BCUT2D eigenvalue weighted by Crippen LogP contribution is 2.40. The molecule has 0 bridgehead atoms. The lowest BCUT2D eigenvalue weighted by Crippen LogP contribution is -2.40. The van der Waals surface area contributed by atoms with Crippen molar-refractivity contribution in [3.05, 3.63) is 83.9 Å². The molecule has 6 rings (SSSR count). The number of hydrogen-bond acceptors (Lipinski definition) is 11. The van der Waals surface area contributed by atoms with Crippen LogP contribution in [0.3, 0.4) is 0 Å². The van der Waals surface area contributed by atoms with Gasteiger partial charge in [0.15, 0.2) is 0 Å². The Balaban J connectivity index is 1.15. The van der Waals surface area contributed by atoms with Crippen molar-refractivity contribution in [2.75, 3.05) is 0 Å². The molecule has 4 aromatic rings. The van der Waals surface area contributed by atoms with Crippen LogP contribution in [-0.2, 0) is 22.8 Å². The molecule has 2 aliphatic rings. The molecule has 1 aliphatic heterocycles. The Morgan fingerprint density at radius 3 is 2.35 bits per heavy atom. The zero-order chi connectivity index (χ0) is 32.1. The minimum atomic E-state index is -0.848. The average molecular weight is 626 g/mol. The molecule has 0 unspecified atom stereocenters. The third-order valence-electron chi connectivity index (χ3n) is 8.31. The molecule has 2 heterocycles. The van der Waals surface area contributed by atoms with Gasteiger partial charge in [-0.1, -0.05) is 91.6 Å². The van der Waals surface area contributed by atoms with Crippen molar-refractivity contribution in [3.8, 4) is 28.3 Å². The average Bonchev–Trinajstić information content (AvgIpc) is 3.81. The summed E-state index contributed by atoms with van der Waals surface area (Å²) in [5, 5.41) is 29.2.